The highest BCUT2D eigenvalue weighted by molar-refractivity contribution is 7.80. The summed E-state index contributed by atoms with van der Waals surface area (Å²) in [7, 11) is 0. The van der Waals surface area contributed by atoms with Crippen molar-refractivity contribution in [3.8, 4) is 0 Å². The monoisotopic (exact) mass is 195 g/mol. The van der Waals surface area contributed by atoms with Crippen LogP contribution < -0.4 is 5.73 Å². The average molecular weight is 195 g/mol. The predicted octanol–water partition coefficient (Wildman–Crippen LogP) is 1.34. The van der Waals surface area contributed by atoms with E-state index in [2.05, 4.69) is 5.10 Å². The summed E-state index contributed by atoms with van der Waals surface area (Å²) in [5.41, 5.74) is 5.88. The molecule has 0 amide bonds. The number of hydrogen-bond acceptors (Lipinski definition) is 2. The topological polar surface area (TPSA) is 43.8 Å². The fraction of sp³-hybridized carbons (Fsp3) is 0.556. The van der Waals surface area contributed by atoms with E-state index in [1.165, 1.54) is 12.8 Å². The van der Waals surface area contributed by atoms with E-state index in [0.29, 0.717) is 10.4 Å². The van der Waals surface area contributed by atoms with Gasteiger partial charge in [0.15, 0.2) is 0 Å². The average Bonchev–Trinajstić information content (AvgIpc) is 2.61. The predicted molar refractivity (Wildman–Crippen MR) is 55.3 cm³/mol. The molecule has 1 aromatic heterocycles. The van der Waals surface area contributed by atoms with E-state index >= 15 is 0 Å². The number of rotatable bonds is 4. The molecule has 0 saturated heterocycles. The van der Waals surface area contributed by atoms with Crippen molar-refractivity contribution in [3.63, 3.8) is 0 Å². The van der Waals surface area contributed by atoms with Gasteiger partial charge in [-0.3, -0.25) is 4.68 Å². The van der Waals surface area contributed by atoms with Crippen LogP contribution in [-0.4, -0.2) is 14.8 Å². The summed E-state index contributed by atoms with van der Waals surface area (Å²) in [4.78, 5) is 0.629. The van der Waals surface area contributed by atoms with E-state index < -0.39 is 0 Å². The van der Waals surface area contributed by atoms with Crippen molar-refractivity contribution < 1.29 is 0 Å². The van der Waals surface area contributed by atoms with Gasteiger partial charge in [-0.05, 0) is 24.3 Å². The Morgan fingerprint density at radius 2 is 2.38 bits per heavy atom. The van der Waals surface area contributed by atoms with Gasteiger partial charge in [0.05, 0.1) is 4.99 Å². The Kier molecular flexibility index (Phi) is 2.07. The fourth-order valence-corrected chi connectivity index (χ4v) is 1.98. The van der Waals surface area contributed by atoms with Gasteiger partial charge in [-0.15, -0.1) is 0 Å². The molecule has 13 heavy (non-hydrogen) atoms. The zero-order chi connectivity index (χ0) is 9.31. The third-order valence-corrected chi connectivity index (χ3v) is 2.71. The number of aromatic nitrogens is 2. The first-order valence-corrected chi connectivity index (χ1v) is 4.87. The van der Waals surface area contributed by atoms with Crippen LogP contribution in [0.5, 0.6) is 0 Å². The summed E-state index contributed by atoms with van der Waals surface area (Å²) >= 11 is 4.93. The molecule has 2 N–H and O–H groups in total. The summed E-state index contributed by atoms with van der Waals surface area (Å²) in [6.07, 6.45) is 7.10. The third-order valence-electron chi connectivity index (χ3n) is 2.56. The van der Waals surface area contributed by atoms with Gasteiger partial charge < -0.3 is 5.73 Å². The molecule has 1 saturated carbocycles. The molecule has 1 aromatic rings. The van der Waals surface area contributed by atoms with Crippen LogP contribution in [0.3, 0.4) is 0 Å². The van der Waals surface area contributed by atoms with Crippen molar-refractivity contribution in [2.45, 2.75) is 25.8 Å². The van der Waals surface area contributed by atoms with Crippen LogP contribution in [0.1, 0.15) is 19.3 Å². The van der Waals surface area contributed by atoms with Gasteiger partial charge in [0.2, 0.25) is 0 Å². The van der Waals surface area contributed by atoms with Crippen LogP contribution >= 0.6 is 12.2 Å². The summed E-state index contributed by atoms with van der Waals surface area (Å²) in [5, 5.41) is 4.18. The van der Waals surface area contributed by atoms with Gasteiger partial charge in [-0.1, -0.05) is 12.2 Å². The van der Waals surface area contributed by atoms with Gasteiger partial charge in [-0.25, -0.2) is 0 Å². The molecule has 3 nitrogen and oxygen atoms in total. The van der Waals surface area contributed by atoms with Crippen LogP contribution in [0.15, 0.2) is 18.5 Å². The molecule has 0 radical (unpaired) electrons. The van der Waals surface area contributed by atoms with E-state index in [9.17, 15) is 0 Å². The van der Waals surface area contributed by atoms with Gasteiger partial charge in [0.1, 0.15) is 0 Å². The SMILES string of the molecule is NC(=S)CC1(Cn2cccn2)CC1. The zero-order valence-electron chi connectivity index (χ0n) is 7.44. The molecule has 1 aliphatic carbocycles. The van der Waals surface area contributed by atoms with Gasteiger partial charge in [0, 0.05) is 25.4 Å². The second-order valence-electron chi connectivity index (χ2n) is 3.85. The van der Waals surface area contributed by atoms with E-state index in [-0.39, 0.29) is 0 Å². The normalized spacial score (nSPS) is 18.5. The summed E-state index contributed by atoms with van der Waals surface area (Å²) < 4.78 is 1.96. The Balaban J connectivity index is 1.98. The summed E-state index contributed by atoms with van der Waals surface area (Å²) in [5.74, 6) is 0. The number of nitrogens with zero attached hydrogens (tertiary/aromatic N) is 2. The largest absolute Gasteiger partial charge is 0.393 e. The highest BCUT2D eigenvalue weighted by Crippen LogP contribution is 2.50. The maximum atomic E-state index is 5.55. The molecule has 0 spiro atoms. The van der Waals surface area contributed by atoms with E-state index in [0.717, 1.165) is 13.0 Å². The molecule has 4 heteroatoms. The van der Waals surface area contributed by atoms with Crippen LogP contribution in [0.4, 0.5) is 0 Å². The molecule has 0 unspecified atom stereocenters. The van der Waals surface area contributed by atoms with E-state index in [1.807, 2.05) is 16.9 Å². The molecule has 0 aliphatic heterocycles. The Hall–Kier alpha value is -0.900. The molecular weight excluding hydrogens is 182 g/mol. The zero-order valence-corrected chi connectivity index (χ0v) is 8.26. The Morgan fingerprint density at radius 3 is 2.85 bits per heavy atom. The molecule has 0 atom stereocenters. The second-order valence-corrected chi connectivity index (χ2v) is 4.37. The molecule has 70 valence electrons. The summed E-state index contributed by atoms with van der Waals surface area (Å²) in [6.45, 7) is 0.956. The van der Waals surface area contributed by atoms with Crippen LogP contribution in [0.25, 0.3) is 0 Å². The van der Waals surface area contributed by atoms with Crippen LogP contribution in [0, 0.1) is 5.41 Å². The van der Waals surface area contributed by atoms with Gasteiger partial charge in [0.25, 0.3) is 0 Å². The van der Waals surface area contributed by atoms with Crippen molar-refractivity contribution >= 4 is 17.2 Å². The lowest BCUT2D eigenvalue weighted by atomic mass is 10.0. The molecule has 0 bridgehead atoms. The lowest BCUT2D eigenvalue weighted by molar-refractivity contribution is 0.411. The van der Waals surface area contributed by atoms with Crippen molar-refractivity contribution in [2.24, 2.45) is 11.1 Å². The molecule has 0 aromatic carbocycles. The third kappa shape index (κ3) is 2.06. The molecule has 1 heterocycles. The Bertz CT molecular complexity index is 301. The maximum Gasteiger partial charge on any atom is 0.0733 e. The summed E-state index contributed by atoms with van der Waals surface area (Å²) in [6, 6.07) is 1.94. The molecule has 1 fully saturated rings. The minimum atomic E-state index is 0.331. The Morgan fingerprint density at radius 1 is 1.62 bits per heavy atom. The van der Waals surface area contributed by atoms with Gasteiger partial charge >= 0.3 is 0 Å². The number of nitrogens with two attached hydrogens (primary N) is 1. The van der Waals surface area contributed by atoms with Crippen LogP contribution in [-0.2, 0) is 6.54 Å². The smallest absolute Gasteiger partial charge is 0.0733 e. The van der Waals surface area contributed by atoms with Gasteiger partial charge in [-0.2, -0.15) is 5.10 Å². The van der Waals surface area contributed by atoms with E-state index in [4.69, 9.17) is 18.0 Å². The van der Waals surface area contributed by atoms with Crippen LogP contribution in [0.2, 0.25) is 0 Å². The molecule has 2 rings (SSSR count). The molecule has 1 aliphatic rings. The minimum Gasteiger partial charge on any atom is -0.393 e. The van der Waals surface area contributed by atoms with Crippen molar-refractivity contribution in [2.75, 3.05) is 0 Å². The lowest BCUT2D eigenvalue weighted by Gasteiger charge is -2.13. The van der Waals surface area contributed by atoms with Crippen molar-refractivity contribution in [1.82, 2.24) is 9.78 Å². The first-order valence-electron chi connectivity index (χ1n) is 4.46. The Labute approximate surface area is 82.9 Å². The van der Waals surface area contributed by atoms with Crippen molar-refractivity contribution in [3.05, 3.63) is 18.5 Å². The van der Waals surface area contributed by atoms with Crippen molar-refractivity contribution in [1.29, 1.82) is 0 Å². The molecular formula is C9H13N3S. The fourth-order valence-electron chi connectivity index (χ4n) is 1.67. The number of hydrogen-bond donors (Lipinski definition) is 1. The highest BCUT2D eigenvalue weighted by Gasteiger charge is 2.43. The highest BCUT2D eigenvalue weighted by atomic mass is 32.1. The lowest BCUT2D eigenvalue weighted by Crippen LogP contribution is -2.20. The minimum absolute atomic E-state index is 0.331. The second kappa shape index (κ2) is 3.10. The quantitative estimate of drug-likeness (QED) is 0.737. The van der Waals surface area contributed by atoms with E-state index in [1.54, 1.807) is 6.20 Å². The first kappa shape index (κ1) is 8.69. The number of thiocarbonyl (C=S) groups is 1. The standard InChI is InChI=1S/C9H13N3S/c10-8(13)6-9(2-3-9)7-12-5-1-4-11-12/h1,4-5H,2-3,6-7H2,(H2,10,13). The maximum absolute atomic E-state index is 5.55. The first-order chi connectivity index (χ1) is 6.20.